The van der Waals surface area contributed by atoms with Crippen LogP contribution < -0.4 is 10.1 Å². The van der Waals surface area contributed by atoms with Gasteiger partial charge in [-0.3, -0.25) is 4.79 Å². The van der Waals surface area contributed by atoms with Crippen LogP contribution in [0.25, 0.3) is 0 Å². The van der Waals surface area contributed by atoms with Gasteiger partial charge in [0.2, 0.25) is 0 Å². The summed E-state index contributed by atoms with van der Waals surface area (Å²) in [4.78, 5) is 12.0. The summed E-state index contributed by atoms with van der Waals surface area (Å²) in [5.74, 6) is 0.753. The fourth-order valence-corrected chi connectivity index (χ4v) is 2.61. The highest BCUT2D eigenvalue weighted by atomic mass is 16.5. The monoisotopic (exact) mass is 333 g/mol. The molecule has 0 fully saturated rings. The second-order valence-corrected chi connectivity index (χ2v) is 7.81. The molecule has 0 aliphatic carbocycles. The molecule has 1 aromatic carbocycles. The summed E-state index contributed by atoms with van der Waals surface area (Å²) in [5.41, 5.74) is 2.63. The summed E-state index contributed by atoms with van der Waals surface area (Å²) >= 11 is 0. The molecule has 1 aromatic rings. The van der Waals surface area contributed by atoms with Crippen molar-refractivity contribution in [1.29, 1.82) is 0 Å². The first-order valence-electron chi connectivity index (χ1n) is 9.16. The van der Waals surface area contributed by atoms with Gasteiger partial charge in [-0.05, 0) is 41.7 Å². The lowest BCUT2D eigenvalue weighted by Gasteiger charge is -2.31. The molecule has 1 atom stereocenters. The number of carbonyl (C=O) groups excluding carboxylic acids is 1. The van der Waals surface area contributed by atoms with E-state index in [0.29, 0.717) is 6.42 Å². The smallest absolute Gasteiger partial charge is 0.260 e. The molecule has 0 saturated heterocycles. The van der Waals surface area contributed by atoms with Crippen molar-refractivity contribution in [1.82, 2.24) is 5.32 Å². The van der Waals surface area contributed by atoms with Crippen molar-refractivity contribution in [3.63, 3.8) is 0 Å². The highest BCUT2D eigenvalue weighted by Gasteiger charge is 2.28. The van der Waals surface area contributed by atoms with Crippen molar-refractivity contribution in [3.05, 3.63) is 29.3 Å². The lowest BCUT2D eigenvalue weighted by Crippen LogP contribution is -2.36. The first kappa shape index (κ1) is 20.5. The molecule has 1 rings (SSSR count). The van der Waals surface area contributed by atoms with Gasteiger partial charge in [-0.15, -0.1) is 0 Å². The topological polar surface area (TPSA) is 38.3 Å². The normalized spacial score (nSPS) is 13.5. The summed E-state index contributed by atoms with van der Waals surface area (Å²) in [5, 5.41) is 2.69. The minimum absolute atomic E-state index is 0.00382. The van der Waals surface area contributed by atoms with Crippen molar-refractivity contribution in [3.8, 4) is 5.75 Å². The van der Waals surface area contributed by atoms with Gasteiger partial charge in [0.15, 0.2) is 6.10 Å². The van der Waals surface area contributed by atoms with Gasteiger partial charge in [-0.1, -0.05) is 60.6 Å². The number of amides is 1. The molecule has 0 saturated carbocycles. The number of likely N-dealkylation sites (N-methyl/N-ethyl adjacent to an activating group) is 1. The van der Waals surface area contributed by atoms with E-state index >= 15 is 0 Å². The molecule has 0 radical (unpaired) electrons. The van der Waals surface area contributed by atoms with Gasteiger partial charge in [0.1, 0.15) is 5.75 Å². The van der Waals surface area contributed by atoms with Gasteiger partial charge in [-0.25, -0.2) is 0 Å². The van der Waals surface area contributed by atoms with Crippen LogP contribution in [0.3, 0.4) is 0 Å². The van der Waals surface area contributed by atoms with Gasteiger partial charge in [0, 0.05) is 12.6 Å². The first-order valence-corrected chi connectivity index (χ1v) is 9.16. The number of hydrogen-bond acceptors (Lipinski definition) is 2. The van der Waals surface area contributed by atoms with Crippen LogP contribution in [0.15, 0.2) is 18.2 Å². The Labute approximate surface area is 148 Å². The molecule has 1 unspecified atom stereocenters. The molecule has 0 aliphatic heterocycles. The van der Waals surface area contributed by atoms with Gasteiger partial charge >= 0.3 is 0 Å². The predicted molar refractivity (Wildman–Crippen MR) is 102 cm³/mol. The number of hydrogen-bond donors (Lipinski definition) is 1. The molecule has 3 nitrogen and oxygen atoms in total. The summed E-state index contributed by atoms with van der Waals surface area (Å²) in [6, 6.07) is 6.47. The Kier molecular flexibility index (Phi) is 6.88. The average Bonchev–Trinajstić information content (AvgIpc) is 2.58. The van der Waals surface area contributed by atoms with E-state index in [1.165, 1.54) is 11.1 Å². The van der Waals surface area contributed by atoms with Crippen LogP contribution >= 0.6 is 0 Å². The number of benzene rings is 1. The Bertz CT molecular complexity index is 561. The van der Waals surface area contributed by atoms with Gasteiger partial charge < -0.3 is 10.1 Å². The van der Waals surface area contributed by atoms with Crippen molar-refractivity contribution in [2.24, 2.45) is 0 Å². The van der Waals surface area contributed by atoms with Gasteiger partial charge in [0.05, 0.1) is 0 Å². The zero-order valence-corrected chi connectivity index (χ0v) is 16.7. The van der Waals surface area contributed by atoms with Gasteiger partial charge in [0.25, 0.3) is 5.91 Å². The molecular formula is C21H35NO2. The number of ether oxygens (including phenoxy) is 1. The Morgan fingerprint density at radius 1 is 1.08 bits per heavy atom. The summed E-state index contributed by atoms with van der Waals surface area (Å²) in [7, 11) is 1.65. The maximum absolute atomic E-state index is 12.0. The van der Waals surface area contributed by atoms with E-state index in [4.69, 9.17) is 4.74 Å². The third-order valence-electron chi connectivity index (χ3n) is 5.44. The number of nitrogens with one attached hydrogen (secondary N) is 1. The molecule has 1 N–H and O–H groups in total. The van der Waals surface area contributed by atoms with Crippen LogP contribution in [0.1, 0.15) is 78.9 Å². The van der Waals surface area contributed by atoms with E-state index < -0.39 is 6.10 Å². The second kappa shape index (κ2) is 8.04. The van der Waals surface area contributed by atoms with E-state index in [-0.39, 0.29) is 16.7 Å². The molecule has 1 amide bonds. The molecule has 0 aromatic heterocycles. The molecule has 0 aliphatic rings. The van der Waals surface area contributed by atoms with Gasteiger partial charge in [-0.2, -0.15) is 0 Å². The lowest BCUT2D eigenvalue weighted by atomic mass is 9.76. The lowest BCUT2D eigenvalue weighted by molar-refractivity contribution is -0.127. The maximum atomic E-state index is 12.0. The first-order chi connectivity index (χ1) is 11.1. The van der Waals surface area contributed by atoms with Crippen LogP contribution in [0.5, 0.6) is 5.75 Å². The third kappa shape index (κ3) is 4.52. The standard InChI is InChI=1S/C21H35NO2/c1-9-17(19(23)22-8)24-18-13-12-15(20(4,5)10-2)14-16(18)21(6,7)11-3/h12-14,17H,9-11H2,1-8H3,(H,22,23). The highest BCUT2D eigenvalue weighted by Crippen LogP contribution is 2.38. The summed E-state index contributed by atoms with van der Waals surface area (Å²) in [6.45, 7) is 15.4. The Morgan fingerprint density at radius 2 is 1.67 bits per heavy atom. The Hall–Kier alpha value is -1.51. The average molecular weight is 334 g/mol. The molecule has 0 heterocycles. The van der Waals surface area contributed by atoms with Crippen LogP contribution in [0, 0.1) is 0 Å². The van der Waals surface area contributed by atoms with Crippen LogP contribution in [0.2, 0.25) is 0 Å². The predicted octanol–water partition coefficient (Wildman–Crippen LogP) is 4.97. The largest absolute Gasteiger partial charge is 0.480 e. The molecule has 136 valence electrons. The van der Waals surface area contributed by atoms with Crippen LogP contribution in [-0.2, 0) is 15.6 Å². The number of rotatable bonds is 8. The molecule has 0 spiro atoms. The quantitative estimate of drug-likeness (QED) is 0.730. The second-order valence-electron chi connectivity index (χ2n) is 7.81. The van der Waals surface area contributed by atoms with Crippen molar-refractivity contribution in [2.75, 3.05) is 7.05 Å². The molecule has 0 bridgehead atoms. The summed E-state index contributed by atoms with van der Waals surface area (Å²) in [6.07, 6.45) is 2.28. The molecule has 3 heteroatoms. The SMILES string of the molecule is CCC(Oc1ccc(C(C)(C)CC)cc1C(C)(C)CC)C(=O)NC. The van der Waals surface area contributed by atoms with Crippen molar-refractivity contribution >= 4 is 5.91 Å². The third-order valence-corrected chi connectivity index (χ3v) is 5.44. The van der Waals surface area contributed by atoms with Crippen molar-refractivity contribution < 1.29 is 9.53 Å². The minimum Gasteiger partial charge on any atom is -0.480 e. The Balaban J connectivity index is 3.37. The fraction of sp³-hybridized carbons (Fsp3) is 0.667. The van der Waals surface area contributed by atoms with E-state index in [0.717, 1.165) is 18.6 Å². The Morgan fingerprint density at radius 3 is 2.12 bits per heavy atom. The van der Waals surface area contributed by atoms with E-state index in [2.05, 4.69) is 59.0 Å². The van der Waals surface area contributed by atoms with Crippen LogP contribution in [-0.4, -0.2) is 19.1 Å². The molecular weight excluding hydrogens is 298 g/mol. The van der Waals surface area contributed by atoms with Crippen molar-refractivity contribution in [2.45, 2.75) is 84.7 Å². The zero-order chi connectivity index (χ0) is 18.5. The fourth-order valence-electron chi connectivity index (χ4n) is 2.61. The van der Waals surface area contributed by atoms with E-state index in [9.17, 15) is 4.79 Å². The van der Waals surface area contributed by atoms with E-state index in [1.807, 2.05) is 13.0 Å². The highest BCUT2D eigenvalue weighted by molar-refractivity contribution is 5.80. The number of carbonyl (C=O) groups is 1. The maximum Gasteiger partial charge on any atom is 0.260 e. The summed E-state index contributed by atoms with van der Waals surface area (Å²) < 4.78 is 6.12. The van der Waals surface area contributed by atoms with E-state index in [1.54, 1.807) is 7.05 Å². The minimum atomic E-state index is -0.452. The van der Waals surface area contributed by atoms with Crippen LogP contribution in [0.4, 0.5) is 0 Å². The molecule has 24 heavy (non-hydrogen) atoms. The zero-order valence-electron chi connectivity index (χ0n) is 16.7.